The third kappa shape index (κ3) is 4.44. The van der Waals surface area contributed by atoms with Gasteiger partial charge in [-0.3, -0.25) is 4.79 Å². The van der Waals surface area contributed by atoms with Crippen molar-refractivity contribution in [3.8, 4) is 5.75 Å². The summed E-state index contributed by atoms with van der Waals surface area (Å²) in [5.41, 5.74) is 0.360. The van der Waals surface area contributed by atoms with Crippen LogP contribution in [0.5, 0.6) is 5.75 Å². The van der Waals surface area contributed by atoms with Crippen molar-refractivity contribution in [2.24, 2.45) is 0 Å². The van der Waals surface area contributed by atoms with Crippen LogP contribution < -0.4 is 10.1 Å². The number of likely N-dealkylation sites (tertiary alicyclic amines) is 1. The molecule has 1 atom stereocenters. The Bertz CT molecular complexity index is 709. The summed E-state index contributed by atoms with van der Waals surface area (Å²) in [7, 11) is 2.47. The maximum atomic E-state index is 12.8. The van der Waals surface area contributed by atoms with E-state index in [1.54, 1.807) is 6.07 Å². The lowest BCUT2D eigenvalue weighted by Crippen LogP contribution is -2.40. The molecule has 0 bridgehead atoms. The molecule has 0 aliphatic carbocycles. The molecular formula is C16H26ClN3O4S. The van der Waals surface area contributed by atoms with Crippen molar-refractivity contribution >= 4 is 28.3 Å². The average Bonchev–Trinajstić information content (AvgIpc) is 3.02. The zero-order valence-corrected chi connectivity index (χ0v) is 16.6. The molecule has 1 amide bonds. The third-order valence-corrected chi connectivity index (χ3v) is 6.08. The van der Waals surface area contributed by atoms with E-state index in [-0.39, 0.29) is 35.0 Å². The Hall–Kier alpha value is -1.35. The summed E-state index contributed by atoms with van der Waals surface area (Å²) in [6.07, 6.45) is 1.91. The second-order valence-corrected chi connectivity index (χ2v) is 8.13. The van der Waals surface area contributed by atoms with Crippen molar-refractivity contribution in [1.82, 2.24) is 14.5 Å². The molecule has 1 N–H and O–H groups in total. The average molecular weight is 392 g/mol. The molecule has 1 aromatic rings. The van der Waals surface area contributed by atoms with Crippen molar-refractivity contribution in [2.45, 2.75) is 23.8 Å². The van der Waals surface area contributed by atoms with Crippen LogP contribution in [-0.2, 0) is 10.0 Å². The Morgan fingerprint density at radius 3 is 2.64 bits per heavy atom. The van der Waals surface area contributed by atoms with E-state index >= 15 is 0 Å². The molecule has 1 aromatic carbocycles. The maximum absolute atomic E-state index is 12.8. The first-order chi connectivity index (χ1) is 11.3. The predicted molar refractivity (Wildman–Crippen MR) is 99.1 cm³/mol. The first kappa shape index (κ1) is 21.7. The molecule has 142 valence electrons. The number of likely N-dealkylation sites (N-methyl/N-ethyl adjacent to an activating group) is 1. The summed E-state index contributed by atoms with van der Waals surface area (Å²) in [6.45, 7) is 1.41. The van der Waals surface area contributed by atoms with Gasteiger partial charge in [-0.1, -0.05) is 0 Å². The van der Waals surface area contributed by atoms with Crippen molar-refractivity contribution in [2.75, 3.05) is 41.3 Å². The molecule has 25 heavy (non-hydrogen) atoms. The van der Waals surface area contributed by atoms with E-state index in [9.17, 15) is 13.2 Å². The molecule has 0 aromatic heterocycles. The van der Waals surface area contributed by atoms with E-state index in [1.807, 2.05) is 11.9 Å². The number of carbonyl (C=O) groups is 1. The van der Waals surface area contributed by atoms with E-state index in [0.29, 0.717) is 12.1 Å². The molecule has 1 aliphatic rings. The van der Waals surface area contributed by atoms with Crippen molar-refractivity contribution in [3.63, 3.8) is 0 Å². The van der Waals surface area contributed by atoms with Crippen LogP contribution in [0.4, 0.5) is 0 Å². The highest BCUT2D eigenvalue weighted by atomic mass is 35.5. The van der Waals surface area contributed by atoms with Gasteiger partial charge in [0.05, 0.1) is 7.11 Å². The van der Waals surface area contributed by atoms with Gasteiger partial charge in [-0.25, -0.2) is 12.7 Å². The predicted octanol–water partition coefficient (Wildman–Crippen LogP) is 1.19. The Labute approximate surface area is 155 Å². The summed E-state index contributed by atoms with van der Waals surface area (Å²) < 4.78 is 31.2. The highest BCUT2D eigenvalue weighted by Gasteiger charge is 2.30. The van der Waals surface area contributed by atoms with Gasteiger partial charge in [0, 0.05) is 38.8 Å². The third-order valence-electron chi connectivity index (χ3n) is 4.25. The number of halogens is 1. The Morgan fingerprint density at radius 1 is 1.40 bits per heavy atom. The minimum absolute atomic E-state index is 0. The monoisotopic (exact) mass is 391 g/mol. The van der Waals surface area contributed by atoms with Gasteiger partial charge in [-0.15, -0.1) is 12.4 Å². The van der Waals surface area contributed by atoms with Crippen LogP contribution in [0.15, 0.2) is 23.1 Å². The van der Waals surface area contributed by atoms with Gasteiger partial charge < -0.3 is 15.0 Å². The second kappa shape index (κ2) is 8.84. The number of rotatable bonds is 6. The summed E-state index contributed by atoms with van der Waals surface area (Å²) in [6, 6.07) is 4.70. The molecule has 9 heteroatoms. The SMILES string of the molecule is CNCC1CCCN1C(=O)c1ccc(OC)c(S(=O)(=O)N(C)C)c1.Cl. The highest BCUT2D eigenvalue weighted by molar-refractivity contribution is 7.89. The summed E-state index contributed by atoms with van der Waals surface area (Å²) in [4.78, 5) is 14.6. The quantitative estimate of drug-likeness (QED) is 0.788. The van der Waals surface area contributed by atoms with Gasteiger partial charge in [-0.05, 0) is 38.1 Å². The first-order valence-electron chi connectivity index (χ1n) is 7.89. The van der Waals surface area contributed by atoms with Crippen molar-refractivity contribution in [3.05, 3.63) is 23.8 Å². The number of benzene rings is 1. The number of amides is 1. The van der Waals surface area contributed by atoms with E-state index in [1.165, 1.54) is 33.3 Å². The number of sulfonamides is 1. The summed E-state index contributed by atoms with van der Waals surface area (Å²) in [5.74, 6) is 0.0825. The zero-order chi connectivity index (χ0) is 17.9. The summed E-state index contributed by atoms with van der Waals surface area (Å²) >= 11 is 0. The van der Waals surface area contributed by atoms with Crippen LogP contribution in [0.25, 0.3) is 0 Å². The maximum Gasteiger partial charge on any atom is 0.254 e. The van der Waals surface area contributed by atoms with E-state index in [0.717, 1.165) is 23.7 Å². The molecule has 0 radical (unpaired) electrons. The number of nitrogens with one attached hydrogen (secondary N) is 1. The van der Waals surface area contributed by atoms with Crippen LogP contribution in [0.3, 0.4) is 0 Å². The van der Waals surface area contributed by atoms with Crippen molar-refractivity contribution in [1.29, 1.82) is 0 Å². The molecule has 1 saturated heterocycles. The van der Waals surface area contributed by atoms with Crippen LogP contribution in [0.2, 0.25) is 0 Å². The zero-order valence-electron chi connectivity index (χ0n) is 15.0. The Morgan fingerprint density at radius 2 is 2.08 bits per heavy atom. The number of ether oxygens (including phenoxy) is 1. The molecule has 0 saturated carbocycles. The first-order valence-corrected chi connectivity index (χ1v) is 9.33. The number of carbonyl (C=O) groups excluding carboxylic acids is 1. The number of hydrogen-bond acceptors (Lipinski definition) is 5. The van der Waals surface area contributed by atoms with Crippen LogP contribution >= 0.6 is 12.4 Å². The molecule has 1 unspecified atom stereocenters. The molecule has 1 aliphatic heterocycles. The molecule has 1 fully saturated rings. The number of nitrogens with zero attached hydrogens (tertiary/aromatic N) is 2. The van der Waals surface area contributed by atoms with Gasteiger partial charge in [0.2, 0.25) is 10.0 Å². The lowest BCUT2D eigenvalue weighted by molar-refractivity contribution is 0.0736. The minimum Gasteiger partial charge on any atom is -0.495 e. The van der Waals surface area contributed by atoms with Crippen molar-refractivity contribution < 1.29 is 17.9 Å². The fraction of sp³-hybridized carbons (Fsp3) is 0.562. The molecular weight excluding hydrogens is 366 g/mol. The van der Waals surface area contributed by atoms with Gasteiger partial charge in [-0.2, -0.15) is 0 Å². The molecule has 1 heterocycles. The Kier molecular flexibility index (Phi) is 7.67. The molecule has 2 rings (SSSR count). The van der Waals surface area contributed by atoms with Crippen LogP contribution in [-0.4, -0.2) is 70.9 Å². The van der Waals surface area contributed by atoms with E-state index in [4.69, 9.17) is 4.74 Å². The van der Waals surface area contributed by atoms with Gasteiger partial charge >= 0.3 is 0 Å². The highest BCUT2D eigenvalue weighted by Crippen LogP contribution is 2.28. The number of hydrogen-bond donors (Lipinski definition) is 1. The van der Waals surface area contributed by atoms with Crippen LogP contribution in [0, 0.1) is 0 Å². The standard InChI is InChI=1S/C16H25N3O4S.ClH/c1-17-11-13-6-5-9-19(13)16(20)12-7-8-14(23-4)15(10-12)24(21,22)18(2)3;/h7-8,10,13,17H,5-6,9,11H2,1-4H3;1H. The lowest BCUT2D eigenvalue weighted by Gasteiger charge is -2.25. The van der Waals surface area contributed by atoms with Gasteiger partial charge in [0.15, 0.2) is 0 Å². The molecule has 7 nitrogen and oxygen atoms in total. The Balaban J connectivity index is 0.00000312. The fourth-order valence-corrected chi connectivity index (χ4v) is 4.00. The van der Waals surface area contributed by atoms with Gasteiger partial charge in [0.25, 0.3) is 5.91 Å². The number of methoxy groups -OCH3 is 1. The normalized spacial score (nSPS) is 17.5. The van der Waals surface area contributed by atoms with Crippen LogP contribution in [0.1, 0.15) is 23.2 Å². The minimum atomic E-state index is -3.70. The van der Waals surface area contributed by atoms with E-state index < -0.39 is 10.0 Å². The fourth-order valence-electron chi connectivity index (χ4n) is 2.92. The lowest BCUT2D eigenvalue weighted by atomic mass is 10.1. The second-order valence-electron chi connectivity index (χ2n) is 6.01. The largest absolute Gasteiger partial charge is 0.495 e. The summed E-state index contributed by atoms with van der Waals surface area (Å²) in [5, 5.41) is 3.10. The topological polar surface area (TPSA) is 79.0 Å². The van der Waals surface area contributed by atoms with E-state index in [2.05, 4.69) is 5.32 Å². The molecule has 0 spiro atoms. The smallest absolute Gasteiger partial charge is 0.254 e. The van der Waals surface area contributed by atoms with Gasteiger partial charge in [0.1, 0.15) is 10.6 Å².